The monoisotopic (exact) mass is 337 g/mol. The predicted molar refractivity (Wildman–Crippen MR) is 98.1 cm³/mol. The fourth-order valence-electron chi connectivity index (χ4n) is 2.81. The van der Waals surface area contributed by atoms with E-state index in [2.05, 4.69) is 28.5 Å². The molecule has 1 amide bonds. The maximum atomic E-state index is 12.5. The topological polar surface area (TPSA) is 81.2 Å². The molecule has 5 nitrogen and oxygen atoms in total. The van der Waals surface area contributed by atoms with Gasteiger partial charge in [0.05, 0.1) is 12.1 Å². The molecule has 2 unspecified atom stereocenters. The van der Waals surface area contributed by atoms with Gasteiger partial charge in [0, 0.05) is 0 Å². The van der Waals surface area contributed by atoms with Crippen LogP contribution in [0.25, 0.3) is 10.8 Å². The summed E-state index contributed by atoms with van der Waals surface area (Å²) in [5.41, 5.74) is 7.33. The molecule has 0 aliphatic rings. The highest BCUT2D eigenvalue weighted by molar-refractivity contribution is 5.93. The third-order valence-corrected chi connectivity index (χ3v) is 4.40. The summed E-state index contributed by atoms with van der Waals surface area (Å²) in [5, 5.41) is 5.26. The Morgan fingerprint density at radius 2 is 1.84 bits per heavy atom. The van der Waals surface area contributed by atoms with Gasteiger partial charge in [-0.1, -0.05) is 56.3 Å². The second-order valence-corrected chi connectivity index (χ2v) is 6.60. The highest BCUT2D eigenvalue weighted by Gasteiger charge is 2.21. The van der Waals surface area contributed by atoms with Crippen molar-refractivity contribution in [3.63, 3.8) is 0 Å². The van der Waals surface area contributed by atoms with Crippen LogP contribution in [-0.2, 0) is 0 Å². The van der Waals surface area contributed by atoms with Crippen LogP contribution in [-0.4, -0.2) is 10.9 Å². The molecular weight excluding hydrogens is 314 g/mol. The van der Waals surface area contributed by atoms with Gasteiger partial charge >= 0.3 is 0 Å². The Balaban J connectivity index is 1.78. The van der Waals surface area contributed by atoms with Crippen LogP contribution >= 0.6 is 0 Å². The number of nitrogens with one attached hydrogen (secondary N) is 1. The first-order valence-electron chi connectivity index (χ1n) is 8.47. The smallest absolute Gasteiger partial charge is 0.273 e. The average molecular weight is 337 g/mol. The van der Waals surface area contributed by atoms with Crippen LogP contribution < -0.4 is 11.1 Å². The van der Waals surface area contributed by atoms with Gasteiger partial charge in [-0.15, -0.1) is 0 Å². The quantitative estimate of drug-likeness (QED) is 0.738. The first kappa shape index (κ1) is 17.2. The van der Waals surface area contributed by atoms with Crippen LogP contribution in [0.15, 0.2) is 53.1 Å². The first-order valence-corrected chi connectivity index (χ1v) is 8.47. The number of nitrogens with two attached hydrogens (primary N) is 1. The van der Waals surface area contributed by atoms with Gasteiger partial charge in [-0.3, -0.25) is 4.79 Å². The third kappa shape index (κ3) is 3.56. The molecular formula is C20H23N3O2. The Morgan fingerprint density at radius 1 is 1.12 bits per heavy atom. The number of hydrogen-bond acceptors (Lipinski definition) is 4. The van der Waals surface area contributed by atoms with Gasteiger partial charge < -0.3 is 15.5 Å². The Morgan fingerprint density at radius 3 is 2.60 bits per heavy atom. The Labute approximate surface area is 147 Å². The Hall–Kier alpha value is -2.66. The van der Waals surface area contributed by atoms with Gasteiger partial charge in [0.1, 0.15) is 6.26 Å². The third-order valence-electron chi connectivity index (χ3n) is 4.40. The summed E-state index contributed by atoms with van der Waals surface area (Å²) in [5.74, 6) is 0.300. The number of nitrogens with zero attached hydrogens (tertiary/aromatic N) is 1. The lowest BCUT2D eigenvalue weighted by atomic mass is 9.99. The largest absolute Gasteiger partial charge is 0.446 e. The summed E-state index contributed by atoms with van der Waals surface area (Å²) in [6.45, 7) is 5.93. The van der Waals surface area contributed by atoms with Crippen molar-refractivity contribution >= 4 is 16.7 Å². The minimum atomic E-state index is -0.322. The maximum absolute atomic E-state index is 12.5. The molecule has 5 heteroatoms. The predicted octanol–water partition coefficient (Wildman–Crippen LogP) is 3.97. The van der Waals surface area contributed by atoms with Crippen molar-refractivity contribution in [1.82, 2.24) is 10.3 Å². The van der Waals surface area contributed by atoms with Crippen molar-refractivity contribution in [2.24, 2.45) is 11.7 Å². The molecule has 0 spiro atoms. The lowest BCUT2D eigenvalue weighted by Gasteiger charge is -2.16. The van der Waals surface area contributed by atoms with E-state index in [1.54, 1.807) is 0 Å². The van der Waals surface area contributed by atoms with Crippen LogP contribution in [0.5, 0.6) is 0 Å². The molecule has 0 bridgehead atoms. The van der Waals surface area contributed by atoms with Gasteiger partial charge in [0.15, 0.2) is 5.69 Å². The van der Waals surface area contributed by atoms with E-state index in [0.717, 1.165) is 16.3 Å². The van der Waals surface area contributed by atoms with E-state index < -0.39 is 0 Å². The molecule has 0 radical (unpaired) electrons. The molecule has 2 aromatic carbocycles. The van der Waals surface area contributed by atoms with Gasteiger partial charge in [-0.2, -0.15) is 0 Å². The molecule has 1 heterocycles. The standard InChI is InChI=1S/C20H23N3O2/c1-12(2)18(21)20-23-17(11-25-20)19(24)22-13(3)15-10-6-8-14-7-4-5-9-16(14)15/h4-13,18H,21H2,1-3H3,(H,22,24). The van der Waals surface area contributed by atoms with Crippen molar-refractivity contribution in [2.45, 2.75) is 32.9 Å². The highest BCUT2D eigenvalue weighted by Crippen LogP contribution is 2.24. The summed E-state index contributed by atoms with van der Waals surface area (Å²) in [4.78, 5) is 16.7. The second-order valence-electron chi connectivity index (χ2n) is 6.60. The summed E-state index contributed by atoms with van der Waals surface area (Å²) >= 11 is 0. The number of hydrogen-bond donors (Lipinski definition) is 2. The Bertz CT molecular complexity index is 880. The molecule has 0 saturated carbocycles. The Kier molecular flexibility index (Phi) is 4.86. The van der Waals surface area contributed by atoms with Gasteiger partial charge in [-0.25, -0.2) is 4.98 Å². The lowest BCUT2D eigenvalue weighted by molar-refractivity contribution is 0.0935. The number of amides is 1. The minimum Gasteiger partial charge on any atom is -0.446 e. The molecule has 25 heavy (non-hydrogen) atoms. The van der Waals surface area contributed by atoms with Crippen LogP contribution in [0.2, 0.25) is 0 Å². The van der Waals surface area contributed by atoms with Crippen molar-refractivity contribution in [3.8, 4) is 0 Å². The number of carbonyl (C=O) groups is 1. The van der Waals surface area contributed by atoms with Gasteiger partial charge in [0.2, 0.25) is 5.89 Å². The number of aromatic nitrogens is 1. The van der Waals surface area contributed by atoms with E-state index in [1.165, 1.54) is 6.26 Å². The molecule has 130 valence electrons. The summed E-state index contributed by atoms with van der Waals surface area (Å²) in [6.07, 6.45) is 1.36. The maximum Gasteiger partial charge on any atom is 0.273 e. The zero-order chi connectivity index (χ0) is 18.0. The van der Waals surface area contributed by atoms with Crippen LogP contribution in [0, 0.1) is 5.92 Å². The van der Waals surface area contributed by atoms with Crippen molar-refractivity contribution in [3.05, 3.63) is 65.9 Å². The van der Waals surface area contributed by atoms with Crippen LogP contribution in [0.3, 0.4) is 0 Å². The van der Waals surface area contributed by atoms with E-state index in [0.29, 0.717) is 5.89 Å². The molecule has 0 aliphatic heterocycles. The van der Waals surface area contributed by atoms with E-state index in [4.69, 9.17) is 10.2 Å². The number of benzene rings is 2. The fourth-order valence-corrected chi connectivity index (χ4v) is 2.81. The molecule has 1 aromatic heterocycles. The van der Waals surface area contributed by atoms with Gasteiger partial charge in [0.25, 0.3) is 5.91 Å². The normalized spacial score (nSPS) is 13.8. The second kappa shape index (κ2) is 7.07. The summed E-state index contributed by atoms with van der Waals surface area (Å²) < 4.78 is 5.37. The average Bonchev–Trinajstić information content (AvgIpc) is 3.10. The summed E-state index contributed by atoms with van der Waals surface area (Å²) in [6, 6.07) is 13.7. The molecule has 0 fully saturated rings. The molecule has 0 saturated heterocycles. The summed E-state index contributed by atoms with van der Waals surface area (Å²) in [7, 11) is 0. The van der Waals surface area contributed by atoms with E-state index in [9.17, 15) is 4.79 Å². The zero-order valence-electron chi connectivity index (χ0n) is 14.7. The zero-order valence-corrected chi connectivity index (χ0v) is 14.7. The number of rotatable bonds is 5. The molecule has 3 rings (SSSR count). The van der Waals surface area contributed by atoms with Crippen molar-refractivity contribution in [1.29, 1.82) is 0 Å². The van der Waals surface area contributed by atoms with Crippen molar-refractivity contribution in [2.75, 3.05) is 0 Å². The molecule has 2 atom stereocenters. The van der Waals surface area contributed by atoms with E-state index in [-0.39, 0.29) is 29.6 Å². The molecule has 3 aromatic rings. The first-order chi connectivity index (χ1) is 12.0. The van der Waals surface area contributed by atoms with E-state index in [1.807, 2.05) is 45.0 Å². The lowest BCUT2D eigenvalue weighted by Crippen LogP contribution is -2.27. The molecule has 3 N–H and O–H groups in total. The number of oxazole rings is 1. The fraction of sp³-hybridized carbons (Fsp3) is 0.300. The SMILES string of the molecule is CC(NC(=O)c1coc(C(N)C(C)C)n1)c1cccc2ccccc12. The minimum absolute atomic E-state index is 0.155. The number of fused-ring (bicyclic) bond motifs is 1. The van der Waals surface area contributed by atoms with E-state index >= 15 is 0 Å². The molecule has 0 aliphatic carbocycles. The van der Waals surface area contributed by atoms with Gasteiger partial charge in [-0.05, 0) is 29.2 Å². The highest BCUT2D eigenvalue weighted by atomic mass is 16.3. The van der Waals surface area contributed by atoms with Crippen LogP contribution in [0.4, 0.5) is 0 Å². The van der Waals surface area contributed by atoms with Crippen molar-refractivity contribution < 1.29 is 9.21 Å². The number of carbonyl (C=O) groups excluding carboxylic acids is 1. The van der Waals surface area contributed by atoms with Crippen LogP contribution in [0.1, 0.15) is 54.8 Å².